The molecular formula is C4H7N3O. The first-order valence-electron chi connectivity index (χ1n) is 2.26. The molecule has 0 unspecified atom stereocenters. The Kier molecular flexibility index (Phi) is 1.17. The highest BCUT2D eigenvalue weighted by Gasteiger charge is 1.89. The molecule has 0 aliphatic rings. The van der Waals surface area contributed by atoms with Crippen molar-refractivity contribution < 1.29 is 5.21 Å². The quantitative estimate of drug-likeness (QED) is 0.486. The van der Waals surface area contributed by atoms with Crippen LogP contribution in [0.3, 0.4) is 0 Å². The molecule has 0 aliphatic carbocycles. The molecule has 1 heterocycles. The van der Waals surface area contributed by atoms with Crippen LogP contribution in [0.2, 0.25) is 0 Å². The third-order valence-corrected chi connectivity index (χ3v) is 0.859. The summed E-state index contributed by atoms with van der Waals surface area (Å²) in [4.78, 5) is 0.738. The molecule has 0 amide bonds. The fourth-order valence-electron chi connectivity index (χ4n) is 0.454. The number of hydrogen-bond acceptors (Lipinski definition) is 3. The first-order chi connectivity index (χ1) is 3.83. The third-order valence-electron chi connectivity index (χ3n) is 0.859. The average molecular weight is 113 g/mol. The second-order valence-electron chi connectivity index (χ2n) is 1.47. The van der Waals surface area contributed by atoms with Gasteiger partial charge in [-0.15, -0.1) is 9.94 Å². The van der Waals surface area contributed by atoms with E-state index in [9.17, 15) is 0 Å². The molecule has 1 rings (SSSR count). The largest absolute Gasteiger partial charge is 0.412 e. The first-order valence-corrected chi connectivity index (χ1v) is 2.26. The van der Waals surface area contributed by atoms with Crippen LogP contribution in [0.15, 0.2) is 12.4 Å². The van der Waals surface area contributed by atoms with Crippen LogP contribution in [0.1, 0.15) is 5.56 Å². The lowest BCUT2D eigenvalue weighted by Crippen LogP contribution is -1.93. The summed E-state index contributed by atoms with van der Waals surface area (Å²) in [6.07, 6.45) is 2.97. The van der Waals surface area contributed by atoms with Crippen molar-refractivity contribution in [2.75, 3.05) is 0 Å². The number of nitrogens with two attached hydrogens (primary N) is 1. The number of rotatable bonds is 1. The second-order valence-corrected chi connectivity index (χ2v) is 1.47. The van der Waals surface area contributed by atoms with Crippen molar-refractivity contribution in [2.45, 2.75) is 6.54 Å². The van der Waals surface area contributed by atoms with Gasteiger partial charge in [-0.25, -0.2) is 0 Å². The van der Waals surface area contributed by atoms with Crippen LogP contribution in [0.4, 0.5) is 0 Å². The van der Waals surface area contributed by atoms with Crippen molar-refractivity contribution in [2.24, 2.45) is 5.73 Å². The molecule has 0 aliphatic heterocycles. The van der Waals surface area contributed by atoms with Gasteiger partial charge in [0.05, 0.1) is 12.4 Å². The molecule has 0 radical (unpaired) electrons. The van der Waals surface area contributed by atoms with Crippen LogP contribution < -0.4 is 5.73 Å². The molecule has 4 heteroatoms. The minimum absolute atomic E-state index is 0.417. The zero-order chi connectivity index (χ0) is 5.98. The lowest BCUT2D eigenvalue weighted by Gasteiger charge is -1.81. The van der Waals surface area contributed by atoms with Crippen LogP contribution in [-0.2, 0) is 6.54 Å². The van der Waals surface area contributed by atoms with Crippen molar-refractivity contribution in [3.8, 4) is 0 Å². The Bertz CT molecular complexity index is 172. The van der Waals surface area contributed by atoms with Gasteiger partial charge < -0.3 is 10.9 Å². The molecule has 0 saturated heterocycles. The summed E-state index contributed by atoms with van der Waals surface area (Å²) in [7, 11) is 0. The van der Waals surface area contributed by atoms with E-state index in [-0.39, 0.29) is 0 Å². The van der Waals surface area contributed by atoms with Crippen molar-refractivity contribution >= 4 is 0 Å². The Labute approximate surface area is 46.5 Å². The van der Waals surface area contributed by atoms with Gasteiger partial charge in [-0.3, -0.25) is 0 Å². The van der Waals surface area contributed by atoms with E-state index in [1.165, 1.54) is 12.4 Å². The van der Waals surface area contributed by atoms with E-state index < -0.39 is 0 Å². The summed E-state index contributed by atoms with van der Waals surface area (Å²) in [6, 6.07) is 0. The molecule has 0 spiro atoms. The van der Waals surface area contributed by atoms with Crippen LogP contribution in [-0.4, -0.2) is 15.2 Å². The molecule has 0 bridgehead atoms. The van der Waals surface area contributed by atoms with Gasteiger partial charge in [0, 0.05) is 12.1 Å². The molecule has 0 saturated carbocycles. The van der Waals surface area contributed by atoms with Crippen molar-refractivity contribution in [1.29, 1.82) is 0 Å². The SMILES string of the molecule is NCc1cnn(O)c1. The lowest BCUT2D eigenvalue weighted by atomic mass is 10.4. The lowest BCUT2D eigenvalue weighted by molar-refractivity contribution is 0.148. The Morgan fingerprint density at radius 1 is 1.88 bits per heavy atom. The minimum atomic E-state index is 0.417. The first kappa shape index (κ1) is 5.11. The molecule has 44 valence electrons. The Morgan fingerprint density at radius 3 is 2.88 bits per heavy atom. The predicted molar refractivity (Wildman–Crippen MR) is 27.3 cm³/mol. The molecule has 0 atom stereocenters. The zero-order valence-corrected chi connectivity index (χ0v) is 4.28. The maximum Gasteiger partial charge on any atom is 0.0709 e. The highest BCUT2D eigenvalue weighted by molar-refractivity contribution is 5.01. The van der Waals surface area contributed by atoms with Crippen LogP contribution in [0, 0.1) is 0 Å². The van der Waals surface area contributed by atoms with E-state index in [1.54, 1.807) is 0 Å². The molecule has 4 nitrogen and oxygen atoms in total. The summed E-state index contributed by atoms with van der Waals surface area (Å²) >= 11 is 0. The van der Waals surface area contributed by atoms with Crippen molar-refractivity contribution in [3.63, 3.8) is 0 Å². The van der Waals surface area contributed by atoms with Gasteiger partial charge in [0.25, 0.3) is 0 Å². The maximum absolute atomic E-state index is 8.53. The molecule has 1 aromatic rings. The molecular weight excluding hydrogens is 106 g/mol. The molecule has 1 aromatic heterocycles. The van der Waals surface area contributed by atoms with Crippen LogP contribution in [0.25, 0.3) is 0 Å². The van der Waals surface area contributed by atoms with Crippen molar-refractivity contribution in [1.82, 2.24) is 9.94 Å². The maximum atomic E-state index is 8.53. The van der Waals surface area contributed by atoms with Gasteiger partial charge in [-0.1, -0.05) is 0 Å². The average Bonchev–Trinajstić information content (AvgIpc) is 2.14. The Balaban J connectivity index is 2.84. The predicted octanol–water partition coefficient (Wildman–Crippen LogP) is -0.421. The Morgan fingerprint density at radius 2 is 2.62 bits per heavy atom. The topological polar surface area (TPSA) is 64.1 Å². The van der Waals surface area contributed by atoms with Gasteiger partial charge in [0.1, 0.15) is 0 Å². The highest BCUT2D eigenvalue weighted by Crippen LogP contribution is 1.90. The van der Waals surface area contributed by atoms with E-state index in [0.29, 0.717) is 6.54 Å². The normalized spacial score (nSPS) is 9.62. The van der Waals surface area contributed by atoms with E-state index in [1.807, 2.05) is 0 Å². The summed E-state index contributed by atoms with van der Waals surface area (Å²) in [5, 5.41) is 12.0. The molecule has 8 heavy (non-hydrogen) atoms. The number of nitrogens with zero attached hydrogens (tertiary/aromatic N) is 2. The summed E-state index contributed by atoms with van der Waals surface area (Å²) in [6.45, 7) is 0.417. The minimum Gasteiger partial charge on any atom is -0.412 e. The van der Waals surface area contributed by atoms with Gasteiger partial charge in [-0.05, 0) is 0 Å². The molecule has 0 fully saturated rings. The number of hydrogen-bond donors (Lipinski definition) is 2. The van der Waals surface area contributed by atoms with Gasteiger partial charge >= 0.3 is 0 Å². The van der Waals surface area contributed by atoms with Gasteiger partial charge in [0.2, 0.25) is 0 Å². The number of aromatic nitrogens is 2. The van der Waals surface area contributed by atoms with Crippen LogP contribution >= 0.6 is 0 Å². The standard InChI is InChI=1S/C4H7N3O/c5-1-4-2-6-7(8)3-4/h2-3,8H,1,5H2. The Hall–Kier alpha value is -1.03. The van der Waals surface area contributed by atoms with Gasteiger partial charge in [-0.2, -0.15) is 0 Å². The second kappa shape index (κ2) is 1.83. The summed E-state index contributed by atoms with van der Waals surface area (Å²) in [5.74, 6) is 0. The molecule has 3 N–H and O–H groups in total. The van der Waals surface area contributed by atoms with Crippen molar-refractivity contribution in [3.05, 3.63) is 18.0 Å². The summed E-state index contributed by atoms with van der Waals surface area (Å²) in [5.41, 5.74) is 6.03. The third kappa shape index (κ3) is 0.788. The van der Waals surface area contributed by atoms with E-state index in [0.717, 1.165) is 10.4 Å². The monoisotopic (exact) mass is 113 g/mol. The van der Waals surface area contributed by atoms with E-state index >= 15 is 0 Å². The highest BCUT2D eigenvalue weighted by atomic mass is 16.5. The summed E-state index contributed by atoms with van der Waals surface area (Å²) < 4.78 is 0. The fraction of sp³-hybridized carbons (Fsp3) is 0.250. The fourth-order valence-corrected chi connectivity index (χ4v) is 0.454. The zero-order valence-electron chi connectivity index (χ0n) is 4.28. The smallest absolute Gasteiger partial charge is 0.0709 e. The molecule has 0 aromatic carbocycles. The van der Waals surface area contributed by atoms with E-state index in [2.05, 4.69) is 5.10 Å². The van der Waals surface area contributed by atoms with E-state index in [4.69, 9.17) is 10.9 Å². The van der Waals surface area contributed by atoms with Gasteiger partial charge in [0.15, 0.2) is 0 Å². The van der Waals surface area contributed by atoms with Crippen LogP contribution in [0.5, 0.6) is 0 Å².